The number of hydrogen-bond acceptors (Lipinski definition) is 6. The van der Waals surface area contributed by atoms with Crippen molar-refractivity contribution in [3.63, 3.8) is 0 Å². The minimum Gasteiger partial charge on any atom is -0.467 e. The third-order valence-electron chi connectivity index (χ3n) is 1.45. The van der Waals surface area contributed by atoms with Gasteiger partial charge in [-0.15, -0.1) is 0 Å². The summed E-state index contributed by atoms with van der Waals surface area (Å²) in [4.78, 5) is 11.4. The van der Waals surface area contributed by atoms with Crippen LogP contribution in [0.3, 0.4) is 0 Å². The van der Waals surface area contributed by atoms with Crippen LogP contribution in [-0.4, -0.2) is 39.3 Å². The normalized spacial score (nSPS) is 11.3. The number of nitrogens with zero attached hydrogens (tertiary/aromatic N) is 3. The summed E-state index contributed by atoms with van der Waals surface area (Å²) < 4.78 is 4.82. The van der Waals surface area contributed by atoms with E-state index in [-0.39, 0.29) is 17.2 Å². The number of aliphatic hydroxyl groups is 1. The van der Waals surface area contributed by atoms with Crippen molar-refractivity contribution in [2.75, 3.05) is 19.0 Å². The molecule has 0 aliphatic rings. The second kappa shape index (κ2) is 4.59. The molecule has 0 fully saturated rings. The first-order valence-electron chi connectivity index (χ1n) is 4.32. The SMILES string of the molecule is COc1nc(Cl)nc(NCC(C)(C)O)n1. The van der Waals surface area contributed by atoms with E-state index in [0.29, 0.717) is 6.54 Å². The minimum absolute atomic E-state index is 0.0418. The third kappa shape index (κ3) is 4.26. The molecule has 0 amide bonds. The van der Waals surface area contributed by atoms with E-state index in [1.807, 2.05) is 0 Å². The molecule has 0 aliphatic carbocycles. The second-order valence-electron chi connectivity index (χ2n) is 3.58. The van der Waals surface area contributed by atoms with Gasteiger partial charge in [0, 0.05) is 6.54 Å². The van der Waals surface area contributed by atoms with E-state index in [9.17, 15) is 5.11 Å². The number of halogens is 1. The molecule has 0 unspecified atom stereocenters. The molecular weight excluding hydrogens is 220 g/mol. The molecule has 0 radical (unpaired) electrons. The van der Waals surface area contributed by atoms with Crippen LogP contribution in [0.4, 0.5) is 5.95 Å². The molecule has 84 valence electrons. The quantitative estimate of drug-likeness (QED) is 0.796. The van der Waals surface area contributed by atoms with E-state index in [1.54, 1.807) is 13.8 Å². The average Bonchev–Trinajstić information content (AvgIpc) is 2.13. The van der Waals surface area contributed by atoms with Gasteiger partial charge < -0.3 is 15.2 Å². The lowest BCUT2D eigenvalue weighted by molar-refractivity contribution is 0.0943. The zero-order chi connectivity index (χ0) is 11.5. The molecule has 0 bridgehead atoms. The molecule has 6 nitrogen and oxygen atoms in total. The lowest BCUT2D eigenvalue weighted by Gasteiger charge is -2.17. The molecule has 0 saturated carbocycles. The van der Waals surface area contributed by atoms with Gasteiger partial charge >= 0.3 is 6.01 Å². The Morgan fingerprint density at radius 3 is 2.60 bits per heavy atom. The predicted molar refractivity (Wildman–Crippen MR) is 56.2 cm³/mol. The van der Waals surface area contributed by atoms with E-state index >= 15 is 0 Å². The lowest BCUT2D eigenvalue weighted by Crippen LogP contribution is -2.30. The van der Waals surface area contributed by atoms with Crippen molar-refractivity contribution >= 4 is 17.5 Å². The summed E-state index contributed by atoms with van der Waals surface area (Å²) in [6.45, 7) is 3.64. The van der Waals surface area contributed by atoms with E-state index < -0.39 is 5.60 Å². The van der Waals surface area contributed by atoms with E-state index in [2.05, 4.69) is 20.3 Å². The molecule has 0 atom stereocenters. The highest BCUT2D eigenvalue weighted by molar-refractivity contribution is 6.28. The topological polar surface area (TPSA) is 80.2 Å². The van der Waals surface area contributed by atoms with E-state index in [0.717, 1.165) is 0 Å². The summed E-state index contributed by atoms with van der Waals surface area (Å²) in [5, 5.41) is 12.3. The molecule has 1 rings (SSSR count). The first kappa shape index (κ1) is 11.9. The Morgan fingerprint density at radius 2 is 2.07 bits per heavy atom. The predicted octanol–water partition coefficient (Wildman–Crippen LogP) is 0.716. The molecule has 2 N–H and O–H groups in total. The number of aromatic nitrogens is 3. The summed E-state index contributed by atoms with van der Waals surface area (Å²) in [6, 6.07) is 0.133. The van der Waals surface area contributed by atoms with Crippen LogP contribution in [-0.2, 0) is 0 Å². The molecule has 15 heavy (non-hydrogen) atoms. The highest BCUT2D eigenvalue weighted by atomic mass is 35.5. The third-order valence-corrected chi connectivity index (χ3v) is 1.62. The Morgan fingerprint density at radius 1 is 1.40 bits per heavy atom. The monoisotopic (exact) mass is 232 g/mol. The fourth-order valence-corrected chi connectivity index (χ4v) is 0.950. The van der Waals surface area contributed by atoms with E-state index in [1.165, 1.54) is 7.11 Å². The summed E-state index contributed by atoms with van der Waals surface area (Å²) in [7, 11) is 1.44. The summed E-state index contributed by atoms with van der Waals surface area (Å²) in [6.07, 6.45) is 0. The van der Waals surface area contributed by atoms with Crippen molar-refractivity contribution in [1.82, 2.24) is 15.0 Å². The van der Waals surface area contributed by atoms with E-state index in [4.69, 9.17) is 16.3 Å². The van der Waals surface area contributed by atoms with Gasteiger partial charge in [0.05, 0.1) is 12.7 Å². The standard InChI is InChI=1S/C8H13ClN4O2/c1-8(2,14)4-10-6-11-5(9)12-7(13-6)15-3/h14H,4H2,1-3H3,(H,10,11,12,13). The Labute approximate surface area is 92.7 Å². The molecular formula is C8H13ClN4O2. The van der Waals surface area contributed by atoms with Crippen LogP contribution in [0.2, 0.25) is 5.28 Å². The van der Waals surface area contributed by atoms with Gasteiger partial charge in [0.2, 0.25) is 11.2 Å². The van der Waals surface area contributed by atoms with Gasteiger partial charge in [0.15, 0.2) is 0 Å². The van der Waals surface area contributed by atoms with Crippen molar-refractivity contribution in [2.24, 2.45) is 0 Å². The number of rotatable bonds is 4. The van der Waals surface area contributed by atoms with Gasteiger partial charge in [0.25, 0.3) is 0 Å². The summed E-state index contributed by atoms with van der Waals surface area (Å²) in [5.41, 5.74) is -0.855. The zero-order valence-electron chi connectivity index (χ0n) is 8.78. The smallest absolute Gasteiger partial charge is 0.322 e. The molecule has 7 heteroatoms. The van der Waals surface area contributed by atoms with Crippen LogP contribution in [0.15, 0.2) is 0 Å². The van der Waals surface area contributed by atoms with Crippen LogP contribution in [0.25, 0.3) is 0 Å². The van der Waals surface area contributed by atoms with Gasteiger partial charge in [-0.05, 0) is 25.4 Å². The molecule has 0 aliphatic heterocycles. The molecule has 1 aromatic rings. The highest BCUT2D eigenvalue weighted by Gasteiger charge is 2.13. The van der Waals surface area contributed by atoms with Gasteiger partial charge in [-0.3, -0.25) is 0 Å². The first-order chi connectivity index (χ1) is 6.90. The van der Waals surface area contributed by atoms with Gasteiger partial charge in [-0.1, -0.05) is 0 Å². The zero-order valence-corrected chi connectivity index (χ0v) is 9.54. The number of anilines is 1. The molecule has 1 aromatic heterocycles. The van der Waals surface area contributed by atoms with Crippen molar-refractivity contribution < 1.29 is 9.84 Å². The number of ether oxygens (including phenoxy) is 1. The van der Waals surface area contributed by atoms with Crippen molar-refractivity contribution in [3.8, 4) is 6.01 Å². The summed E-state index contributed by atoms with van der Waals surface area (Å²) in [5.74, 6) is 0.272. The molecule has 0 spiro atoms. The van der Waals surface area contributed by atoms with Crippen LogP contribution in [0.1, 0.15) is 13.8 Å². The minimum atomic E-state index is -0.855. The first-order valence-corrected chi connectivity index (χ1v) is 4.70. The summed E-state index contributed by atoms with van der Waals surface area (Å²) >= 11 is 5.63. The molecule has 1 heterocycles. The van der Waals surface area contributed by atoms with Crippen molar-refractivity contribution in [2.45, 2.75) is 19.4 Å². The fourth-order valence-electron chi connectivity index (χ4n) is 0.798. The van der Waals surface area contributed by atoms with Crippen LogP contribution >= 0.6 is 11.6 Å². The highest BCUT2D eigenvalue weighted by Crippen LogP contribution is 2.11. The van der Waals surface area contributed by atoms with Gasteiger partial charge in [0.1, 0.15) is 0 Å². The lowest BCUT2D eigenvalue weighted by atomic mass is 10.1. The number of nitrogens with one attached hydrogen (secondary N) is 1. The van der Waals surface area contributed by atoms with Crippen molar-refractivity contribution in [1.29, 1.82) is 0 Å². The van der Waals surface area contributed by atoms with Gasteiger partial charge in [-0.25, -0.2) is 0 Å². The Bertz CT molecular complexity index is 340. The second-order valence-corrected chi connectivity index (χ2v) is 3.92. The Hall–Kier alpha value is -1.14. The molecule has 0 saturated heterocycles. The largest absolute Gasteiger partial charge is 0.467 e. The Balaban J connectivity index is 2.73. The van der Waals surface area contributed by atoms with Gasteiger partial charge in [-0.2, -0.15) is 15.0 Å². The molecule has 0 aromatic carbocycles. The van der Waals surface area contributed by atoms with Crippen molar-refractivity contribution in [3.05, 3.63) is 5.28 Å². The number of methoxy groups -OCH3 is 1. The number of hydrogen-bond donors (Lipinski definition) is 2. The fraction of sp³-hybridized carbons (Fsp3) is 0.625. The van der Waals surface area contributed by atoms with Crippen LogP contribution in [0.5, 0.6) is 6.01 Å². The van der Waals surface area contributed by atoms with Crippen LogP contribution < -0.4 is 10.1 Å². The van der Waals surface area contributed by atoms with Crippen LogP contribution in [0, 0.1) is 0 Å². The maximum absolute atomic E-state index is 9.48. The maximum atomic E-state index is 9.48. The maximum Gasteiger partial charge on any atom is 0.322 e. The average molecular weight is 233 g/mol. The Kier molecular flexibility index (Phi) is 3.65.